The molecule has 1 heterocycles. The highest BCUT2D eigenvalue weighted by atomic mass is 16.5. The van der Waals surface area contributed by atoms with Gasteiger partial charge in [-0.2, -0.15) is 0 Å². The van der Waals surface area contributed by atoms with E-state index in [9.17, 15) is 9.59 Å². The maximum absolute atomic E-state index is 13.1. The van der Waals surface area contributed by atoms with Crippen LogP contribution in [-0.2, 0) is 14.3 Å². The van der Waals surface area contributed by atoms with Crippen molar-refractivity contribution >= 4 is 23.1 Å². The van der Waals surface area contributed by atoms with Crippen LogP contribution in [-0.4, -0.2) is 43.1 Å². The molecule has 2 aromatic carbocycles. The van der Waals surface area contributed by atoms with Crippen molar-refractivity contribution in [2.24, 2.45) is 0 Å². The third kappa shape index (κ3) is 4.71. The van der Waals surface area contributed by atoms with Crippen LogP contribution in [0.5, 0.6) is 5.75 Å². The van der Waals surface area contributed by atoms with E-state index in [1.54, 1.807) is 19.2 Å². The molecule has 0 aliphatic carbocycles. The maximum Gasteiger partial charge on any atom is 0.278 e. The lowest BCUT2D eigenvalue weighted by Crippen LogP contribution is -2.35. The molecular weight excluding hydrogens is 380 g/mol. The highest BCUT2D eigenvalue weighted by Crippen LogP contribution is 2.31. The second-order valence-corrected chi connectivity index (χ2v) is 7.70. The third-order valence-corrected chi connectivity index (χ3v) is 4.69. The number of ether oxygens (including phenoxy) is 2. The van der Waals surface area contributed by atoms with Crippen molar-refractivity contribution < 1.29 is 19.1 Å². The normalized spacial score (nSPS) is 14.1. The first kappa shape index (κ1) is 21.6. The minimum absolute atomic E-state index is 0.0519. The van der Waals surface area contributed by atoms with E-state index in [4.69, 9.17) is 9.47 Å². The molecule has 0 fully saturated rings. The average molecular weight is 408 g/mol. The Bertz CT molecular complexity index is 957. The third-order valence-electron chi connectivity index (χ3n) is 4.69. The second kappa shape index (κ2) is 9.13. The Morgan fingerprint density at radius 1 is 0.967 bits per heavy atom. The summed E-state index contributed by atoms with van der Waals surface area (Å²) in [5.74, 6) is 0.0290. The van der Waals surface area contributed by atoms with Crippen molar-refractivity contribution in [1.82, 2.24) is 4.90 Å². The Morgan fingerprint density at radius 3 is 2.17 bits per heavy atom. The fraction of sp³-hybridized carbons (Fsp3) is 0.333. The number of nitrogens with one attached hydrogen (secondary N) is 1. The van der Waals surface area contributed by atoms with Crippen molar-refractivity contribution in [3.05, 3.63) is 64.9 Å². The van der Waals surface area contributed by atoms with Gasteiger partial charge in [-0.05, 0) is 68.7 Å². The van der Waals surface area contributed by atoms with Crippen LogP contribution in [0.2, 0.25) is 0 Å². The molecule has 2 aromatic rings. The molecule has 1 aliphatic rings. The van der Waals surface area contributed by atoms with Crippen LogP contribution in [0.3, 0.4) is 0 Å². The highest BCUT2D eigenvalue weighted by molar-refractivity contribution is 6.36. The zero-order valence-corrected chi connectivity index (χ0v) is 18.1. The zero-order chi connectivity index (χ0) is 21.8. The summed E-state index contributed by atoms with van der Waals surface area (Å²) in [5, 5.41) is 3.20. The summed E-state index contributed by atoms with van der Waals surface area (Å²) in [7, 11) is 1.54. The minimum atomic E-state index is -0.353. The van der Waals surface area contributed by atoms with Crippen LogP contribution >= 0.6 is 0 Å². The summed E-state index contributed by atoms with van der Waals surface area (Å²) in [6.07, 6.45) is 0.0519. The summed E-state index contributed by atoms with van der Waals surface area (Å²) in [6.45, 7) is 8.37. The molecule has 30 heavy (non-hydrogen) atoms. The summed E-state index contributed by atoms with van der Waals surface area (Å²) in [4.78, 5) is 27.5. The van der Waals surface area contributed by atoms with Crippen LogP contribution < -0.4 is 10.1 Å². The molecule has 1 N–H and O–H groups in total. The van der Waals surface area contributed by atoms with Crippen molar-refractivity contribution in [2.45, 2.75) is 33.8 Å². The number of anilines is 1. The van der Waals surface area contributed by atoms with Crippen molar-refractivity contribution in [1.29, 1.82) is 0 Å². The molecule has 1 aliphatic heterocycles. The largest absolute Gasteiger partial charge is 0.491 e. The van der Waals surface area contributed by atoms with Gasteiger partial charge in [-0.1, -0.05) is 18.2 Å². The molecule has 0 bridgehead atoms. The number of amides is 2. The number of methoxy groups -OCH3 is 1. The van der Waals surface area contributed by atoms with E-state index in [-0.39, 0.29) is 36.8 Å². The molecule has 158 valence electrons. The summed E-state index contributed by atoms with van der Waals surface area (Å²) >= 11 is 0. The first-order valence-electron chi connectivity index (χ1n) is 10.0. The van der Waals surface area contributed by atoms with E-state index in [0.717, 1.165) is 16.8 Å². The van der Waals surface area contributed by atoms with E-state index < -0.39 is 0 Å². The zero-order valence-electron chi connectivity index (χ0n) is 18.1. The number of rotatable bonds is 8. The number of imide groups is 1. The molecular formula is C24H28N2O4. The minimum Gasteiger partial charge on any atom is -0.491 e. The smallest absolute Gasteiger partial charge is 0.278 e. The average Bonchev–Trinajstić information content (AvgIpc) is 2.89. The molecule has 0 radical (unpaired) electrons. The monoisotopic (exact) mass is 408 g/mol. The molecule has 6 heteroatoms. The Balaban J connectivity index is 2.01. The SMILES string of the molecule is COCCN1C(=O)C(Nc2cc(C)cc(C)c2)=C(c2ccc(OC(C)C)cc2)C1=O. The van der Waals surface area contributed by atoms with Gasteiger partial charge in [0.25, 0.3) is 11.8 Å². The van der Waals surface area contributed by atoms with E-state index in [1.165, 1.54) is 4.90 Å². The van der Waals surface area contributed by atoms with Crippen LogP contribution in [0.15, 0.2) is 48.2 Å². The van der Waals surface area contributed by atoms with Gasteiger partial charge in [-0.15, -0.1) is 0 Å². The fourth-order valence-electron chi connectivity index (χ4n) is 3.51. The van der Waals surface area contributed by atoms with Crippen LogP contribution in [0.25, 0.3) is 5.57 Å². The first-order chi connectivity index (χ1) is 14.3. The van der Waals surface area contributed by atoms with Gasteiger partial charge in [-0.3, -0.25) is 14.5 Å². The molecule has 0 atom stereocenters. The van der Waals surface area contributed by atoms with E-state index in [1.807, 2.05) is 52.0 Å². The summed E-state index contributed by atoms with van der Waals surface area (Å²) in [5.41, 5.74) is 4.21. The molecule has 0 aromatic heterocycles. The highest BCUT2D eigenvalue weighted by Gasteiger charge is 2.39. The van der Waals surface area contributed by atoms with E-state index in [2.05, 4.69) is 11.4 Å². The molecule has 2 amide bonds. The van der Waals surface area contributed by atoms with Crippen LogP contribution in [0.4, 0.5) is 5.69 Å². The number of aryl methyl sites for hydroxylation is 2. The number of hydrogen-bond donors (Lipinski definition) is 1. The standard InChI is InChI=1S/C24H28N2O4/c1-15(2)30-20-8-6-18(7-9-20)21-22(24(28)26(23(21)27)10-11-29-5)25-19-13-16(3)12-17(4)14-19/h6-9,12-15,25H,10-11H2,1-5H3. The summed E-state index contributed by atoms with van der Waals surface area (Å²) < 4.78 is 10.8. The lowest BCUT2D eigenvalue weighted by atomic mass is 10.0. The van der Waals surface area contributed by atoms with Gasteiger partial charge in [0.1, 0.15) is 11.4 Å². The predicted molar refractivity (Wildman–Crippen MR) is 117 cm³/mol. The number of nitrogens with zero attached hydrogens (tertiary/aromatic N) is 1. The molecule has 3 rings (SSSR count). The van der Waals surface area contributed by atoms with Gasteiger partial charge in [0.05, 0.1) is 24.8 Å². The Labute approximate surface area is 177 Å². The van der Waals surface area contributed by atoms with Crippen LogP contribution in [0.1, 0.15) is 30.5 Å². The number of carbonyl (C=O) groups is 2. The summed E-state index contributed by atoms with van der Waals surface area (Å²) in [6, 6.07) is 13.2. The lowest BCUT2D eigenvalue weighted by Gasteiger charge is -2.14. The van der Waals surface area contributed by atoms with Crippen molar-refractivity contribution in [3.63, 3.8) is 0 Å². The van der Waals surface area contributed by atoms with Crippen molar-refractivity contribution in [2.75, 3.05) is 25.6 Å². The van der Waals surface area contributed by atoms with Gasteiger partial charge in [-0.25, -0.2) is 0 Å². The quantitative estimate of drug-likeness (QED) is 0.671. The Morgan fingerprint density at radius 2 is 1.60 bits per heavy atom. The lowest BCUT2D eigenvalue weighted by molar-refractivity contribution is -0.137. The van der Waals surface area contributed by atoms with Gasteiger partial charge in [0, 0.05) is 12.8 Å². The molecule has 6 nitrogen and oxygen atoms in total. The molecule has 0 unspecified atom stereocenters. The van der Waals surface area contributed by atoms with Gasteiger partial charge < -0.3 is 14.8 Å². The number of hydrogen-bond acceptors (Lipinski definition) is 5. The fourth-order valence-corrected chi connectivity index (χ4v) is 3.51. The van der Waals surface area contributed by atoms with Gasteiger partial charge in [0.15, 0.2) is 0 Å². The van der Waals surface area contributed by atoms with E-state index in [0.29, 0.717) is 16.9 Å². The van der Waals surface area contributed by atoms with Crippen LogP contribution in [0, 0.1) is 13.8 Å². The maximum atomic E-state index is 13.1. The van der Waals surface area contributed by atoms with E-state index >= 15 is 0 Å². The Kier molecular flexibility index (Phi) is 6.57. The number of carbonyl (C=O) groups excluding carboxylic acids is 2. The van der Waals surface area contributed by atoms with Gasteiger partial charge >= 0.3 is 0 Å². The molecule has 0 saturated heterocycles. The van der Waals surface area contributed by atoms with Gasteiger partial charge in [0.2, 0.25) is 0 Å². The molecule has 0 saturated carbocycles. The first-order valence-corrected chi connectivity index (χ1v) is 10.0. The van der Waals surface area contributed by atoms with Crippen molar-refractivity contribution in [3.8, 4) is 5.75 Å². The number of benzene rings is 2. The second-order valence-electron chi connectivity index (χ2n) is 7.70. The molecule has 0 spiro atoms. The Hall–Kier alpha value is -3.12. The topological polar surface area (TPSA) is 67.9 Å². The predicted octanol–water partition coefficient (Wildman–Crippen LogP) is 3.93.